The Bertz CT molecular complexity index is 830. The summed E-state index contributed by atoms with van der Waals surface area (Å²) < 4.78 is 1.36. The van der Waals surface area contributed by atoms with E-state index in [0.29, 0.717) is 5.39 Å². The van der Waals surface area contributed by atoms with Crippen molar-refractivity contribution in [3.63, 3.8) is 0 Å². The molecular formula is C16H16N2O2S. The van der Waals surface area contributed by atoms with E-state index in [1.807, 2.05) is 35.7 Å². The lowest BCUT2D eigenvalue weighted by atomic mass is 10.1. The van der Waals surface area contributed by atoms with Gasteiger partial charge >= 0.3 is 0 Å². The van der Waals surface area contributed by atoms with E-state index in [1.54, 1.807) is 31.3 Å². The zero-order valence-electron chi connectivity index (χ0n) is 11.9. The number of aromatic nitrogens is 2. The molecule has 21 heavy (non-hydrogen) atoms. The number of thiophene rings is 1. The lowest BCUT2D eigenvalue weighted by Crippen LogP contribution is -2.34. The first-order valence-electron chi connectivity index (χ1n) is 6.72. The van der Waals surface area contributed by atoms with Crippen molar-refractivity contribution >= 4 is 22.1 Å². The molecule has 0 bridgehead atoms. The maximum absolute atomic E-state index is 12.5. The minimum Gasteiger partial charge on any atom is -0.389 e. The topological polar surface area (TPSA) is 55.1 Å². The van der Waals surface area contributed by atoms with Crippen LogP contribution in [0.2, 0.25) is 0 Å². The van der Waals surface area contributed by atoms with Crippen LogP contribution in [0.3, 0.4) is 0 Å². The Kier molecular flexibility index (Phi) is 3.39. The van der Waals surface area contributed by atoms with Crippen molar-refractivity contribution in [1.29, 1.82) is 0 Å². The Morgan fingerprint density at radius 3 is 2.52 bits per heavy atom. The molecule has 0 spiro atoms. The van der Waals surface area contributed by atoms with Crippen LogP contribution in [-0.2, 0) is 6.54 Å². The van der Waals surface area contributed by atoms with Gasteiger partial charge in [-0.3, -0.25) is 4.79 Å². The average molecular weight is 300 g/mol. The molecule has 0 atom stereocenters. The first kappa shape index (κ1) is 14.0. The zero-order valence-corrected chi connectivity index (χ0v) is 12.7. The van der Waals surface area contributed by atoms with Gasteiger partial charge in [0.1, 0.15) is 5.69 Å². The third kappa shape index (κ3) is 2.75. The van der Waals surface area contributed by atoms with Crippen LogP contribution in [0.4, 0.5) is 0 Å². The molecule has 2 aromatic heterocycles. The van der Waals surface area contributed by atoms with Crippen LogP contribution in [0.1, 0.15) is 13.8 Å². The van der Waals surface area contributed by atoms with Gasteiger partial charge in [-0.05, 0) is 31.4 Å². The molecule has 0 saturated heterocycles. The summed E-state index contributed by atoms with van der Waals surface area (Å²) in [4.78, 5) is 13.5. The van der Waals surface area contributed by atoms with Gasteiger partial charge in [-0.25, -0.2) is 4.68 Å². The summed E-state index contributed by atoms with van der Waals surface area (Å²) in [6.07, 6.45) is 0. The summed E-state index contributed by atoms with van der Waals surface area (Å²) in [6.45, 7) is 3.50. The standard InChI is InChI=1S/C16H16N2O2S/c1-16(2,20)10-18-15(19)12-7-4-3-6-11(12)14(17-18)13-8-5-9-21-13/h3-9,20H,10H2,1-2H3. The zero-order chi connectivity index (χ0) is 15.0. The molecule has 5 heteroatoms. The largest absolute Gasteiger partial charge is 0.389 e. The average Bonchev–Trinajstić information content (AvgIpc) is 2.94. The highest BCUT2D eigenvalue weighted by Gasteiger charge is 2.18. The highest BCUT2D eigenvalue weighted by atomic mass is 32.1. The van der Waals surface area contributed by atoms with Crippen LogP contribution in [0.25, 0.3) is 21.3 Å². The Labute approximate surface area is 126 Å². The highest BCUT2D eigenvalue weighted by molar-refractivity contribution is 7.13. The maximum Gasteiger partial charge on any atom is 0.274 e. The lowest BCUT2D eigenvalue weighted by Gasteiger charge is -2.18. The van der Waals surface area contributed by atoms with Gasteiger partial charge in [-0.2, -0.15) is 5.10 Å². The number of hydrogen-bond acceptors (Lipinski definition) is 4. The molecule has 0 aliphatic heterocycles. The van der Waals surface area contributed by atoms with Crippen LogP contribution < -0.4 is 5.56 Å². The molecule has 0 amide bonds. The van der Waals surface area contributed by atoms with Crippen LogP contribution in [-0.4, -0.2) is 20.5 Å². The Balaban J connectivity index is 2.31. The van der Waals surface area contributed by atoms with Gasteiger partial charge in [0.05, 0.1) is 22.4 Å². The molecule has 0 unspecified atom stereocenters. The van der Waals surface area contributed by atoms with Gasteiger partial charge in [-0.1, -0.05) is 24.3 Å². The van der Waals surface area contributed by atoms with E-state index < -0.39 is 5.60 Å². The van der Waals surface area contributed by atoms with Crippen molar-refractivity contribution in [3.8, 4) is 10.6 Å². The predicted octanol–water partition coefficient (Wildman–Crippen LogP) is 2.90. The van der Waals surface area contributed by atoms with Crippen LogP contribution in [0.5, 0.6) is 0 Å². The minimum absolute atomic E-state index is 0.162. The number of benzene rings is 1. The molecule has 4 nitrogen and oxygen atoms in total. The fourth-order valence-electron chi connectivity index (χ4n) is 2.30. The molecule has 108 valence electrons. The second kappa shape index (κ2) is 5.09. The second-order valence-electron chi connectivity index (χ2n) is 5.65. The molecule has 1 aromatic carbocycles. The van der Waals surface area contributed by atoms with Crippen molar-refractivity contribution in [2.75, 3.05) is 0 Å². The van der Waals surface area contributed by atoms with Crippen molar-refractivity contribution < 1.29 is 5.11 Å². The summed E-state index contributed by atoms with van der Waals surface area (Å²) >= 11 is 1.58. The molecule has 3 aromatic rings. The van der Waals surface area contributed by atoms with Crippen molar-refractivity contribution in [1.82, 2.24) is 9.78 Å². The molecule has 0 saturated carbocycles. The summed E-state index contributed by atoms with van der Waals surface area (Å²) in [5.74, 6) is 0. The number of nitrogens with zero attached hydrogens (tertiary/aromatic N) is 2. The monoisotopic (exact) mass is 300 g/mol. The van der Waals surface area contributed by atoms with Crippen molar-refractivity contribution in [3.05, 3.63) is 52.1 Å². The van der Waals surface area contributed by atoms with Gasteiger partial charge in [0, 0.05) is 5.39 Å². The van der Waals surface area contributed by atoms with E-state index in [-0.39, 0.29) is 12.1 Å². The summed E-state index contributed by atoms with van der Waals surface area (Å²) in [5.41, 5.74) is -0.385. The number of hydrogen-bond donors (Lipinski definition) is 1. The summed E-state index contributed by atoms with van der Waals surface area (Å²) in [5, 5.41) is 17.9. The molecule has 0 fully saturated rings. The predicted molar refractivity (Wildman–Crippen MR) is 85.6 cm³/mol. The van der Waals surface area contributed by atoms with Gasteiger partial charge in [-0.15, -0.1) is 11.3 Å². The molecule has 2 heterocycles. The second-order valence-corrected chi connectivity index (χ2v) is 6.59. The highest BCUT2D eigenvalue weighted by Crippen LogP contribution is 2.28. The molecule has 3 rings (SSSR count). The number of aliphatic hydroxyl groups is 1. The smallest absolute Gasteiger partial charge is 0.274 e. The number of rotatable bonds is 3. The third-order valence-electron chi connectivity index (χ3n) is 3.16. The first-order valence-corrected chi connectivity index (χ1v) is 7.60. The van der Waals surface area contributed by atoms with E-state index >= 15 is 0 Å². The molecule has 0 aliphatic carbocycles. The molecular weight excluding hydrogens is 284 g/mol. The van der Waals surface area contributed by atoms with E-state index in [9.17, 15) is 9.90 Å². The molecule has 0 radical (unpaired) electrons. The van der Waals surface area contributed by atoms with E-state index in [2.05, 4.69) is 5.10 Å². The van der Waals surface area contributed by atoms with Gasteiger partial charge in [0.25, 0.3) is 5.56 Å². The fraction of sp³-hybridized carbons (Fsp3) is 0.250. The van der Waals surface area contributed by atoms with E-state index in [1.165, 1.54) is 4.68 Å². The van der Waals surface area contributed by atoms with Gasteiger partial charge in [0.2, 0.25) is 0 Å². The van der Waals surface area contributed by atoms with Crippen LogP contribution in [0.15, 0.2) is 46.6 Å². The summed E-state index contributed by atoms with van der Waals surface area (Å²) in [6, 6.07) is 11.4. The van der Waals surface area contributed by atoms with Gasteiger partial charge in [0.15, 0.2) is 0 Å². The Hall–Kier alpha value is -1.98. The van der Waals surface area contributed by atoms with Crippen molar-refractivity contribution in [2.24, 2.45) is 0 Å². The summed E-state index contributed by atoms with van der Waals surface area (Å²) in [7, 11) is 0. The van der Waals surface area contributed by atoms with E-state index in [4.69, 9.17) is 0 Å². The third-order valence-corrected chi connectivity index (χ3v) is 4.04. The van der Waals surface area contributed by atoms with E-state index in [0.717, 1.165) is 16.0 Å². The maximum atomic E-state index is 12.5. The molecule has 1 N–H and O–H groups in total. The quantitative estimate of drug-likeness (QED) is 0.809. The minimum atomic E-state index is -0.994. The lowest BCUT2D eigenvalue weighted by molar-refractivity contribution is 0.0564. The van der Waals surface area contributed by atoms with Crippen LogP contribution >= 0.6 is 11.3 Å². The normalized spacial score (nSPS) is 12.0. The SMILES string of the molecule is CC(C)(O)Cn1nc(-c2cccs2)c2ccccc2c1=O. The Morgan fingerprint density at radius 2 is 1.90 bits per heavy atom. The van der Waals surface area contributed by atoms with Gasteiger partial charge < -0.3 is 5.11 Å². The number of fused-ring (bicyclic) bond motifs is 1. The fourth-order valence-corrected chi connectivity index (χ4v) is 3.03. The Morgan fingerprint density at radius 1 is 1.19 bits per heavy atom. The van der Waals surface area contributed by atoms with Crippen LogP contribution in [0, 0.1) is 0 Å². The molecule has 0 aliphatic rings. The first-order chi connectivity index (χ1) is 9.96. The van der Waals surface area contributed by atoms with Crippen molar-refractivity contribution in [2.45, 2.75) is 26.0 Å².